The predicted molar refractivity (Wildman–Crippen MR) is 99.8 cm³/mol. The molecule has 1 aliphatic carbocycles. The number of nitrogens with zero attached hydrogens (tertiary/aromatic N) is 2. The van der Waals surface area contributed by atoms with Crippen LogP contribution in [0.15, 0.2) is 48.7 Å². The molecule has 0 N–H and O–H groups in total. The van der Waals surface area contributed by atoms with Crippen LogP contribution >= 0.6 is 11.8 Å². The maximum atomic E-state index is 12.9. The maximum Gasteiger partial charge on any atom is 0.256 e. The van der Waals surface area contributed by atoms with E-state index in [1.165, 1.54) is 18.4 Å². The molecule has 1 saturated heterocycles. The molecule has 0 bridgehead atoms. The highest BCUT2D eigenvalue weighted by Gasteiger charge is 2.31. The molecule has 2 fully saturated rings. The second-order valence-electron chi connectivity index (χ2n) is 6.54. The fourth-order valence-corrected chi connectivity index (χ4v) is 4.75. The van der Waals surface area contributed by atoms with E-state index in [9.17, 15) is 4.79 Å². The average molecular weight is 354 g/mol. The Morgan fingerprint density at radius 2 is 1.92 bits per heavy atom. The van der Waals surface area contributed by atoms with E-state index in [0.29, 0.717) is 11.4 Å². The van der Waals surface area contributed by atoms with E-state index < -0.39 is 0 Å². The fraction of sp³-hybridized carbons (Fsp3) is 0.400. The Kier molecular flexibility index (Phi) is 4.92. The lowest BCUT2D eigenvalue weighted by Gasteiger charge is -2.24. The van der Waals surface area contributed by atoms with Gasteiger partial charge in [-0.2, -0.15) is 0 Å². The van der Waals surface area contributed by atoms with Crippen LogP contribution in [0, 0.1) is 0 Å². The van der Waals surface area contributed by atoms with Gasteiger partial charge in [0.25, 0.3) is 5.91 Å². The molecule has 1 amide bonds. The first kappa shape index (κ1) is 16.5. The van der Waals surface area contributed by atoms with Crippen molar-refractivity contribution in [1.29, 1.82) is 0 Å². The lowest BCUT2D eigenvalue weighted by atomic mass is 10.2. The molecule has 2 aromatic rings. The molecule has 0 radical (unpaired) electrons. The molecule has 1 aromatic heterocycles. The first-order chi connectivity index (χ1) is 12.3. The smallest absolute Gasteiger partial charge is 0.256 e. The third kappa shape index (κ3) is 3.66. The van der Waals surface area contributed by atoms with Gasteiger partial charge < -0.3 is 9.64 Å². The minimum Gasteiger partial charge on any atom is -0.474 e. The van der Waals surface area contributed by atoms with Gasteiger partial charge in [0.05, 0.1) is 5.56 Å². The SMILES string of the molecule is O=C(c1ccc(OC2CCCC2)nc1)N1CCSC1c1ccccc1. The number of pyridine rings is 1. The highest BCUT2D eigenvalue weighted by atomic mass is 32.2. The topological polar surface area (TPSA) is 42.4 Å². The standard InChI is InChI=1S/C20H22N2O2S/c23-19(22-12-13-25-20(22)15-6-2-1-3-7-15)16-10-11-18(21-14-16)24-17-8-4-5-9-17/h1-3,6-7,10-11,14,17,20H,4-5,8-9,12-13H2. The summed E-state index contributed by atoms with van der Waals surface area (Å²) in [6.45, 7) is 0.767. The molecule has 130 valence electrons. The summed E-state index contributed by atoms with van der Waals surface area (Å²) in [5.41, 5.74) is 1.80. The molecule has 4 rings (SSSR count). The van der Waals surface area contributed by atoms with E-state index in [-0.39, 0.29) is 17.4 Å². The summed E-state index contributed by atoms with van der Waals surface area (Å²) >= 11 is 1.81. The number of rotatable bonds is 4. The Balaban J connectivity index is 1.46. The molecule has 1 aliphatic heterocycles. The third-order valence-electron chi connectivity index (χ3n) is 4.81. The normalized spacial score (nSPS) is 20.8. The van der Waals surface area contributed by atoms with Crippen molar-refractivity contribution in [1.82, 2.24) is 9.88 Å². The summed E-state index contributed by atoms with van der Waals surface area (Å²) in [5.74, 6) is 1.62. The van der Waals surface area contributed by atoms with Gasteiger partial charge in [-0.1, -0.05) is 30.3 Å². The summed E-state index contributed by atoms with van der Waals surface area (Å²) in [4.78, 5) is 19.2. The number of amides is 1. The molecule has 0 spiro atoms. The van der Waals surface area contributed by atoms with Crippen molar-refractivity contribution >= 4 is 17.7 Å². The summed E-state index contributed by atoms with van der Waals surface area (Å²) in [6.07, 6.45) is 6.60. The summed E-state index contributed by atoms with van der Waals surface area (Å²) in [7, 11) is 0. The highest BCUT2D eigenvalue weighted by Crippen LogP contribution is 2.38. The number of thioether (sulfide) groups is 1. The van der Waals surface area contributed by atoms with Gasteiger partial charge in [-0.25, -0.2) is 4.98 Å². The lowest BCUT2D eigenvalue weighted by Crippen LogP contribution is -2.30. The van der Waals surface area contributed by atoms with Crippen molar-refractivity contribution in [3.8, 4) is 5.88 Å². The van der Waals surface area contributed by atoms with Gasteiger partial charge in [0.15, 0.2) is 0 Å². The highest BCUT2D eigenvalue weighted by molar-refractivity contribution is 7.99. The van der Waals surface area contributed by atoms with E-state index in [0.717, 1.165) is 25.1 Å². The van der Waals surface area contributed by atoms with Crippen molar-refractivity contribution in [2.45, 2.75) is 37.2 Å². The fourth-order valence-electron chi connectivity index (χ4n) is 3.49. The van der Waals surface area contributed by atoms with Gasteiger partial charge >= 0.3 is 0 Å². The molecule has 1 atom stereocenters. The first-order valence-corrected chi connectivity index (χ1v) is 9.96. The first-order valence-electron chi connectivity index (χ1n) is 8.91. The second kappa shape index (κ2) is 7.48. The molecule has 2 heterocycles. The van der Waals surface area contributed by atoms with Crippen LogP contribution in [0.4, 0.5) is 0 Å². The van der Waals surface area contributed by atoms with E-state index >= 15 is 0 Å². The van der Waals surface area contributed by atoms with Gasteiger partial charge in [0, 0.05) is 24.6 Å². The molecule has 2 aliphatic rings. The Morgan fingerprint density at radius 3 is 2.64 bits per heavy atom. The van der Waals surface area contributed by atoms with Gasteiger partial charge in [0.1, 0.15) is 11.5 Å². The van der Waals surface area contributed by atoms with Gasteiger partial charge in [-0.05, 0) is 37.3 Å². The number of aromatic nitrogens is 1. The quantitative estimate of drug-likeness (QED) is 0.821. The van der Waals surface area contributed by atoms with Gasteiger partial charge in [0.2, 0.25) is 5.88 Å². The summed E-state index contributed by atoms with van der Waals surface area (Å²) in [5, 5.41) is 0.0862. The monoisotopic (exact) mass is 354 g/mol. The number of hydrogen-bond acceptors (Lipinski definition) is 4. The van der Waals surface area contributed by atoms with Crippen molar-refractivity contribution in [3.63, 3.8) is 0 Å². The molecule has 1 unspecified atom stereocenters. The van der Waals surface area contributed by atoms with Crippen LogP contribution < -0.4 is 4.74 Å². The van der Waals surface area contributed by atoms with Crippen molar-refractivity contribution in [3.05, 3.63) is 59.8 Å². The van der Waals surface area contributed by atoms with E-state index in [1.54, 1.807) is 6.20 Å². The Labute approximate surface area is 152 Å². The Morgan fingerprint density at radius 1 is 1.12 bits per heavy atom. The maximum absolute atomic E-state index is 12.9. The molecule has 1 aromatic carbocycles. The molecule has 4 nitrogen and oxygen atoms in total. The van der Waals surface area contributed by atoms with Crippen molar-refractivity contribution in [2.75, 3.05) is 12.3 Å². The predicted octanol–water partition coefficient (Wildman–Crippen LogP) is 4.29. The average Bonchev–Trinajstić information content (AvgIpc) is 3.34. The number of carbonyl (C=O) groups excluding carboxylic acids is 1. The van der Waals surface area contributed by atoms with Gasteiger partial charge in [-0.15, -0.1) is 11.8 Å². The summed E-state index contributed by atoms with van der Waals surface area (Å²) < 4.78 is 5.89. The van der Waals surface area contributed by atoms with Crippen LogP contribution in [0.3, 0.4) is 0 Å². The van der Waals surface area contributed by atoms with Crippen LogP contribution in [-0.2, 0) is 0 Å². The number of benzene rings is 1. The summed E-state index contributed by atoms with van der Waals surface area (Å²) in [6, 6.07) is 13.9. The van der Waals surface area contributed by atoms with Crippen LogP contribution in [0.2, 0.25) is 0 Å². The zero-order chi connectivity index (χ0) is 17.1. The van der Waals surface area contributed by atoms with Crippen LogP contribution in [0.5, 0.6) is 5.88 Å². The number of hydrogen-bond donors (Lipinski definition) is 0. The van der Waals surface area contributed by atoms with Crippen LogP contribution in [0.25, 0.3) is 0 Å². The zero-order valence-corrected chi connectivity index (χ0v) is 15.0. The van der Waals surface area contributed by atoms with Crippen LogP contribution in [0.1, 0.15) is 47.0 Å². The van der Waals surface area contributed by atoms with Gasteiger partial charge in [-0.3, -0.25) is 4.79 Å². The van der Waals surface area contributed by atoms with E-state index in [2.05, 4.69) is 17.1 Å². The Hall–Kier alpha value is -2.01. The van der Waals surface area contributed by atoms with E-state index in [1.807, 2.05) is 47.0 Å². The zero-order valence-electron chi connectivity index (χ0n) is 14.1. The minimum atomic E-state index is 0.0405. The molecule has 5 heteroatoms. The largest absolute Gasteiger partial charge is 0.474 e. The third-order valence-corrected chi connectivity index (χ3v) is 6.07. The Bertz CT molecular complexity index is 714. The minimum absolute atomic E-state index is 0.0405. The molecule has 25 heavy (non-hydrogen) atoms. The lowest BCUT2D eigenvalue weighted by molar-refractivity contribution is 0.0759. The van der Waals surface area contributed by atoms with Crippen LogP contribution in [-0.4, -0.2) is 34.2 Å². The van der Waals surface area contributed by atoms with Crippen molar-refractivity contribution in [2.24, 2.45) is 0 Å². The molecule has 1 saturated carbocycles. The molecular weight excluding hydrogens is 332 g/mol. The van der Waals surface area contributed by atoms with Crippen molar-refractivity contribution < 1.29 is 9.53 Å². The molecular formula is C20H22N2O2S. The van der Waals surface area contributed by atoms with E-state index in [4.69, 9.17) is 4.74 Å². The number of carbonyl (C=O) groups is 1. The number of ether oxygens (including phenoxy) is 1. The second-order valence-corrected chi connectivity index (χ2v) is 7.73.